The van der Waals surface area contributed by atoms with Gasteiger partial charge in [0.1, 0.15) is 5.52 Å². The minimum Gasteiger partial charge on any atom is -0.255 e. The number of imidazole rings is 1. The Labute approximate surface area is 207 Å². The van der Waals surface area contributed by atoms with Gasteiger partial charge in [0, 0.05) is 11.6 Å². The van der Waals surface area contributed by atoms with Crippen molar-refractivity contribution in [2.45, 2.75) is 83.0 Å². The highest BCUT2D eigenvalue weighted by molar-refractivity contribution is 6.09. The molecule has 5 aromatic rings. The third-order valence-corrected chi connectivity index (χ3v) is 9.18. The van der Waals surface area contributed by atoms with Crippen molar-refractivity contribution in [2.24, 2.45) is 7.05 Å². The maximum atomic E-state index is 4.98. The van der Waals surface area contributed by atoms with E-state index in [4.69, 9.17) is 4.98 Å². The molecule has 0 aliphatic heterocycles. The van der Waals surface area contributed by atoms with Crippen LogP contribution in [-0.4, -0.2) is 9.55 Å². The van der Waals surface area contributed by atoms with E-state index in [2.05, 4.69) is 65.4 Å². The van der Waals surface area contributed by atoms with Crippen LogP contribution in [0.4, 0.5) is 0 Å². The van der Waals surface area contributed by atoms with Gasteiger partial charge in [-0.1, -0.05) is 50.7 Å². The summed E-state index contributed by atoms with van der Waals surface area (Å²) in [6.45, 7) is 2.24. The second-order valence-corrected chi connectivity index (χ2v) is 11.3. The van der Waals surface area contributed by atoms with Crippen LogP contribution in [0.5, 0.6) is 0 Å². The minimum atomic E-state index is 0.694. The summed E-state index contributed by atoms with van der Waals surface area (Å²) < 4.78 is 4.93. The van der Waals surface area contributed by atoms with Gasteiger partial charge in [-0.3, -0.25) is 4.98 Å². The van der Waals surface area contributed by atoms with Gasteiger partial charge in [0.15, 0.2) is 11.0 Å². The van der Waals surface area contributed by atoms with Crippen molar-refractivity contribution in [2.75, 3.05) is 0 Å². The average molecular weight is 463 g/mol. The zero-order valence-corrected chi connectivity index (χ0v) is 21.2. The molecular weight excluding hydrogens is 426 g/mol. The first-order chi connectivity index (χ1) is 17.2. The van der Waals surface area contributed by atoms with Gasteiger partial charge in [-0.05, 0) is 91.5 Å². The number of aromatic nitrogens is 3. The van der Waals surface area contributed by atoms with Gasteiger partial charge in [0.25, 0.3) is 5.65 Å². The number of aryl methyl sites for hydroxylation is 2. The number of benzene rings is 2. The second kappa shape index (κ2) is 8.33. The zero-order chi connectivity index (χ0) is 23.5. The Kier molecular flexibility index (Phi) is 5.08. The summed E-state index contributed by atoms with van der Waals surface area (Å²) in [4.78, 5) is 4.98. The Morgan fingerprint density at radius 1 is 0.771 bits per heavy atom. The maximum absolute atomic E-state index is 4.98. The molecule has 2 fully saturated rings. The van der Waals surface area contributed by atoms with Crippen molar-refractivity contribution in [3.8, 4) is 0 Å². The molecule has 0 amide bonds. The molecule has 0 radical (unpaired) electrons. The van der Waals surface area contributed by atoms with E-state index in [1.54, 1.807) is 0 Å². The summed E-state index contributed by atoms with van der Waals surface area (Å²) >= 11 is 0. The highest BCUT2D eigenvalue weighted by Gasteiger charge is 2.27. The molecular formula is C32H36N3+. The van der Waals surface area contributed by atoms with Gasteiger partial charge in [0.2, 0.25) is 0 Å². The number of rotatable bonds is 2. The molecule has 3 aromatic heterocycles. The highest BCUT2D eigenvalue weighted by atomic mass is 15.1. The third kappa shape index (κ3) is 3.31. The van der Waals surface area contributed by atoms with Gasteiger partial charge in [0.05, 0.1) is 18.0 Å². The van der Waals surface area contributed by atoms with Crippen molar-refractivity contribution < 1.29 is 4.40 Å². The van der Waals surface area contributed by atoms with E-state index in [-0.39, 0.29) is 0 Å². The van der Waals surface area contributed by atoms with Crippen molar-refractivity contribution in [3.63, 3.8) is 0 Å². The van der Waals surface area contributed by atoms with Crippen molar-refractivity contribution >= 4 is 38.5 Å². The number of hydrogen-bond acceptors (Lipinski definition) is 1. The standard InChI is InChI=1S/C32H36N3/c1-21-17-18-33-31-26-19-24(22-9-5-3-6-10-22)13-15-27(26)35-28-16-14-25(23-11-7-4-8-12-23)20-29(28)34(2)32(35)30(21)31/h13-20,22-23H,3-12H2,1-2H3/q+1. The molecule has 0 bridgehead atoms. The fourth-order valence-corrected chi connectivity index (χ4v) is 7.26. The average Bonchev–Trinajstić information content (AvgIpc) is 3.21. The van der Waals surface area contributed by atoms with Crippen LogP contribution in [0.1, 0.15) is 92.7 Å². The predicted molar refractivity (Wildman–Crippen MR) is 145 cm³/mol. The first kappa shape index (κ1) is 21.4. The molecule has 3 nitrogen and oxygen atoms in total. The van der Waals surface area contributed by atoms with Crippen LogP contribution in [0.3, 0.4) is 0 Å². The lowest BCUT2D eigenvalue weighted by Gasteiger charge is -2.22. The third-order valence-electron chi connectivity index (χ3n) is 9.18. The maximum Gasteiger partial charge on any atom is 0.297 e. The summed E-state index contributed by atoms with van der Waals surface area (Å²) in [5.74, 6) is 1.41. The van der Waals surface area contributed by atoms with E-state index in [0.717, 1.165) is 5.52 Å². The number of pyridine rings is 2. The second-order valence-electron chi connectivity index (χ2n) is 11.3. The normalized spacial score (nSPS) is 18.3. The van der Waals surface area contributed by atoms with Gasteiger partial charge < -0.3 is 0 Å². The Morgan fingerprint density at radius 2 is 1.40 bits per heavy atom. The monoisotopic (exact) mass is 462 g/mol. The largest absolute Gasteiger partial charge is 0.297 e. The van der Waals surface area contributed by atoms with Crippen LogP contribution in [0, 0.1) is 6.92 Å². The molecule has 2 aromatic carbocycles. The minimum absolute atomic E-state index is 0.694. The quantitative estimate of drug-likeness (QED) is 0.192. The Bertz CT molecular complexity index is 1580. The fraction of sp³-hybridized carbons (Fsp3) is 0.438. The number of hydrogen-bond donors (Lipinski definition) is 0. The van der Waals surface area contributed by atoms with Gasteiger partial charge in [-0.2, -0.15) is 4.40 Å². The summed E-state index contributed by atoms with van der Waals surface area (Å²) in [7, 11) is 2.25. The lowest BCUT2D eigenvalue weighted by molar-refractivity contribution is -0.449. The van der Waals surface area contributed by atoms with E-state index < -0.39 is 0 Å². The van der Waals surface area contributed by atoms with Crippen LogP contribution in [0.15, 0.2) is 48.7 Å². The van der Waals surface area contributed by atoms with Gasteiger partial charge in [-0.15, -0.1) is 0 Å². The topological polar surface area (TPSA) is 21.9 Å². The Balaban J connectivity index is 1.54. The van der Waals surface area contributed by atoms with E-state index >= 15 is 0 Å². The zero-order valence-electron chi connectivity index (χ0n) is 21.2. The fourth-order valence-electron chi connectivity index (χ4n) is 7.26. The first-order valence-electron chi connectivity index (χ1n) is 13.9. The number of nitrogens with zero attached hydrogens (tertiary/aromatic N) is 3. The highest BCUT2D eigenvalue weighted by Crippen LogP contribution is 2.38. The van der Waals surface area contributed by atoms with E-state index in [1.165, 1.54) is 114 Å². The molecule has 7 rings (SSSR count). The van der Waals surface area contributed by atoms with Crippen LogP contribution in [-0.2, 0) is 7.05 Å². The van der Waals surface area contributed by atoms with Crippen molar-refractivity contribution in [1.29, 1.82) is 0 Å². The molecule has 0 N–H and O–H groups in total. The van der Waals surface area contributed by atoms with Gasteiger partial charge >= 0.3 is 0 Å². The van der Waals surface area contributed by atoms with Crippen molar-refractivity contribution in [3.05, 3.63) is 65.4 Å². The van der Waals surface area contributed by atoms with Crippen LogP contribution in [0.25, 0.3) is 38.5 Å². The molecule has 2 saturated carbocycles. The van der Waals surface area contributed by atoms with Crippen LogP contribution in [0.2, 0.25) is 0 Å². The van der Waals surface area contributed by atoms with Crippen LogP contribution >= 0.6 is 0 Å². The molecule has 0 spiro atoms. The molecule has 2 aliphatic carbocycles. The summed E-state index contributed by atoms with van der Waals surface area (Å²) in [5, 5.41) is 2.59. The molecule has 0 unspecified atom stereocenters. The van der Waals surface area contributed by atoms with Crippen molar-refractivity contribution in [1.82, 2.24) is 9.55 Å². The molecule has 178 valence electrons. The lowest BCUT2D eigenvalue weighted by atomic mass is 9.83. The predicted octanol–water partition coefficient (Wildman–Crippen LogP) is 8.02. The summed E-state index contributed by atoms with van der Waals surface area (Å²) in [6, 6.07) is 16.7. The van der Waals surface area contributed by atoms with Crippen LogP contribution < -0.4 is 4.40 Å². The summed E-state index contributed by atoms with van der Waals surface area (Å²) in [5.41, 5.74) is 10.7. The Morgan fingerprint density at radius 3 is 2.09 bits per heavy atom. The Hall–Kier alpha value is -2.94. The summed E-state index contributed by atoms with van der Waals surface area (Å²) in [6.07, 6.45) is 15.6. The molecule has 3 heteroatoms. The van der Waals surface area contributed by atoms with E-state index in [0.29, 0.717) is 11.8 Å². The smallest absolute Gasteiger partial charge is 0.255 e. The first-order valence-corrected chi connectivity index (χ1v) is 13.9. The van der Waals surface area contributed by atoms with Gasteiger partial charge in [-0.25, -0.2) is 4.57 Å². The lowest BCUT2D eigenvalue weighted by Crippen LogP contribution is -2.23. The van der Waals surface area contributed by atoms with E-state index in [1.807, 2.05) is 6.20 Å². The molecule has 3 heterocycles. The SMILES string of the molecule is Cc1ccnc2c3cc(C4CCCCC4)ccc3[n+]3c4ccc(C5CCCCC5)cc4n(C)c3c12. The molecule has 35 heavy (non-hydrogen) atoms. The molecule has 2 aliphatic rings. The molecule has 0 saturated heterocycles. The van der Waals surface area contributed by atoms with E-state index in [9.17, 15) is 0 Å². The molecule has 0 atom stereocenters. The number of fused-ring (bicyclic) bond motifs is 8.